The lowest BCUT2D eigenvalue weighted by Crippen LogP contribution is -2.29. The van der Waals surface area contributed by atoms with E-state index in [2.05, 4.69) is 4.72 Å². The summed E-state index contributed by atoms with van der Waals surface area (Å²) < 4.78 is 26.0. The number of benzene rings is 2. The topological polar surface area (TPSA) is 119 Å². The van der Waals surface area contributed by atoms with Crippen molar-refractivity contribution >= 4 is 21.4 Å². The molecule has 0 saturated heterocycles. The maximum Gasteiger partial charge on any atom is 0.293 e. The van der Waals surface area contributed by atoms with Crippen molar-refractivity contribution in [3.63, 3.8) is 0 Å². The summed E-state index contributed by atoms with van der Waals surface area (Å²) in [5, 5.41) is 11.5. The first-order chi connectivity index (χ1) is 11.9. The van der Waals surface area contributed by atoms with Crippen LogP contribution in [0, 0.1) is 10.1 Å². The number of rotatable bonds is 8. The highest BCUT2D eigenvalue weighted by Gasteiger charge is 2.23. The van der Waals surface area contributed by atoms with Crippen LogP contribution in [0.4, 0.5) is 11.4 Å². The quantitative estimate of drug-likeness (QED) is 0.541. The third-order valence-corrected chi connectivity index (χ3v) is 5.09. The Morgan fingerprint density at radius 2 is 1.88 bits per heavy atom. The minimum atomic E-state index is -3.77. The molecule has 25 heavy (non-hydrogen) atoms. The maximum atomic E-state index is 11.9. The van der Waals surface area contributed by atoms with Crippen LogP contribution in [0.25, 0.3) is 0 Å². The molecule has 0 aliphatic rings. The highest BCUT2D eigenvalue weighted by molar-refractivity contribution is 7.89. The molecule has 3 N–H and O–H groups in total. The van der Waals surface area contributed by atoms with Gasteiger partial charge in [-0.1, -0.05) is 30.3 Å². The van der Waals surface area contributed by atoms with E-state index in [4.69, 9.17) is 5.73 Å². The molecule has 0 heterocycles. The molecule has 2 aromatic carbocycles. The molecule has 8 nitrogen and oxygen atoms in total. The zero-order valence-corrected chi connectivity index (χ0v) is 14.6. The van der Waals surface area contributed by atoms with Crippen LogP contribution in [-0.2, 0) is 16.6 Å². The lowest BCUT2D eigenvalue weighted by molar-refractivity contribution is -0.384. The fraction of sp³-hybridized carbons (Fsp3) is 0.250. The summed E-state index contributed by atoms with van der Waals surface area (Å²) in [6.07, 6.45) is 0. The molecule has 0 aromatic heterocycles. The van der Waals surface area contributed by atoms with Gasteiger partial charge in [-0.15, -0.1) is 0 Å². The zero-order chi connectivity index (χ0) is 18.4. The van der Waals surface area contributed by atoms with Crippen LogP contribution in [0.3, 0.4) is 0 Å². The van der Waals surface area contributed by atoms with Crippen molar-refractivity contribution in [2.24, 2.45) is 5.73 Å². The Balaban J connectivity index is 2.48. The number of sulfonamides is 1. The maximum absolute atomic E-state index is 11.9. The first kappa shape index (κ1) is 18.8. The SMILES string of the molecule is CNS(=O)(=O)c1ccc(N(CCN)Cc2ccccc2)c([N+](=O)[O-])c1. The summed E-state index contributed by atoms with van der Waals surface area (Å²) in [6, 6.07) is 13.3. The van der Waals surface area contributed by atoms with Crippen molar-refractivity contribution in [2.45, 2.75) is 11.4 Å². The first-order valence-electron chi connectivity index (χ1n) is 7.60. The fourth-order valence-electron chi connectivity index (χ4n) is 2.45. The highest BCUT2D eigenvalue weighted by Crippen LogP contribution is 2.31. The Morgan fingerprint density at radius 1 is 1.20 bits per heavy atom. The van der Waals surface area contributed by atoms with Crippen LogP contribution in [0.2, 0.25) is 0 Å². The van der Waals surface area contributed by atoms with Gasteiger partial charge in [0.15, 0.2) is 0 Å². The smallest absolute Gasteiger partial charge is 0.293 e. The number of nitrogens with zero attached hydrogens (tertiary/aromatic N) is 2. The molecule has 0 aliphatic heterocycles. The highest BCUT2D eigenvalue weighted by atomic mass is 32.2. The Labute approximate surface area is 146 Å². The molecular formula is C16H20N4O4S. The van der Waals surface area contributed by atoms with E-state index in [-0.39, 0.29) is 10.6 Å². The van der Waals surface area contributed by atoms with Gasteiger partial charge < -0.3 is 10.6 Å². The van der Waals surface area contributed by atoms with Crippen molar-refractivity contribution in [2.75, 3.05) is 25.0 Å². The van der Waals surface area contributed by atoms with Gasteiger partial charge in [0.05, 0.1) is 9.82 Å². The molecule has 134 valence electrons. The van der Waals surface area contributed by atoms with Gasteiger partial charge in [0, 0.05) is 25.7 Å². The Hall–Kier alpha value is -2.49. The van der Waals surface area contributed by atoms with Gasteiger partial charge in [-0.05, 0) is 24.7 Å². The van der Waals surface area contributed by atoms with Crippen LogP contribution in [-0.4, -0.2) is 33.5 Å². The average Bonchev–Trinajstić information content (AvgIpc) is 2.61. The average molecular weight is 364 g/mol. The minimum Gasteiger partial charge on any atom is -0.360 e. The predicted octanol–water partition coefficient (Wildman–Crippen LogP) is 1.47. The molecule has 0 amide bonds. The number of nitrogens with one attached hydrogen (secondary N) is 1. The van der Waals surface area contributed by atoms with Gasteiger partial charge in [0.25, 0.3) is 5.69 Å². The molecule has 0 spiro atoms. The molecule has 0 saturated carbocycles. The summed E-state index contributed by atoms with van der Waals surface area (Å²) in [5.74, 6) is 0. The summed E-state index contributed by atoms with van der Waals surface area (Å²) in [6.45, 7) is 1.13. The second-order valence-corrected chi connectivity index (χ2v) is 7.20. The molecule has 0 bridgehead atoms. The number of nitrogens with two attached hydrogens (primary N) is 1. The molecule has 0 aliphatic carbocycles. The summed E-state index contributed by atoms with van der Waals surface area (Å²) in [5.41, 5.74) is 6.67. The van der Waals surface area contributed by atoms with Crippen LogP contribution in [0.1, 0.15) is 5.56 Å². The second kappa shape index (κ2) is 8.06. The van der Waals surface area contributed by atoms with Crippen molar-refractivity contribution in [3.8, 4) is 0 Å². The third kappa shape index (κ3) is 4.53. The van der Waals surface area contributed by atoms with E-state index in [0.29, 0.717) is 25.3 Å². The molecule has 0 radical (unpaired) electrons. The standard InChI is InChI=1S/C16H20N4O4S/c1-18-25(23,24)14-7-8-15(16(11-14)20(21)22)19(10-9-17)12-13-5-3-2-4-6-13/h2-8,11,18H,9-10,12,17H2,1H3. The fourth-order valence-corrected chi connectivity index (χ4v) is 3.20. The van der Waals surface area contributed by atoms with Gasteiger partial charge in [-0.2, -0.15) is 0 Å². The molecule has 0 unspecified atom stereocenters. The number of hydrogen-bond donors (Lipinski definition) is 2. The Bertz CT molecular complexity index is 840. The second-order valence-electron chi connectivity index (χ2n) is 5.31. The largest absolute Gasteiger partial charge is 0.360 e. The monoisotopic (exact) mass is 364 g/mol. The Kier molecular flexibility index (Phi) is 6.07. The molecule has 2 rings (SSSR count). The van der Waals surface area contributed by atoms with Gasteiger partial charge in [-0.3, -0.25) is 10.1 Å². The van der Waals surface area contributed by atoms with Crippen molar-refractivity contribution in [1.29, 1.82) is 0 Å². The van der Waals surface area contributed by atoms with Gasteiger partial charge in [-0.25, -0.2) is 13.1 Å². The normalized spacial score (nSPS) is 11.3. The van der Waals surface area contributed by atoms with E-state index >= 15 is 0 Å². The number of hydrogen-bond acceptors (Lipinski definition) is 6. The van der Waals surface area contributed by atoms with Crippen molar-refractivity contribution in [1.82, 2.24) is 4.72 Å². The van der Waals surface area contributed by atoms with E-state index in [1.807, 2.05) is 30.3 Å². The van der Waals surface area contributed by atoms with Crippen LogP contribution in [0.15, 0.2) is 53.4 Å². The van der Waals surface area contributed by atoms with Crippen LogP contribution < -0.4 is 15.4 Å². The lowest BCUT2D eigenvalue weighted by Gasteiger charge is -2.24. The van der Waals surface area contributed by atoms with E-state index in [0.717, 1.165) is 11.6 Å². The third-order valence-electron chi connectivity index (χ3n) is 3.68. The van der Waals surface area contributed by atoms with Crippen LogP contribution >= 0.6 is 0 Å². The predicted molar refractivity (Wildman–Crippen MR) is 95.9 cm³/mol. The number of nitro groups is 1. The Morgan fingerprint density at radius 3 is 2.44 bits per heavy atom. The summed E-state index contributed by atoms with van der Waals surface area (Å²) >= 11 is 0. The van der Waals surface area contributed by atoms with E-state index in [1.54, 1.807) is 4.90 Å². The van der Waals surface area contributed by atoms with Gasteiger partial charge >= 0.3 is 0 Å². The first-order valence-corrected chi connectivity index (χ1v) is 9.08. The van der Waals surface area contributed by atoms with Crippen LogP contribution in [0.5, 0.6) is 0 Å². The molecule has 2 aromatic rings. The summed E-state index contributed by atoms with van der Waals surface area (Å²) in [4.78, 5) is 12.5. The van der Waals surface area contributed by atoms with Gasteiger partial charge in [0.2, 0.25) is 10.0 Å². The van der Waals surface area contributed by atoms with E-state index in [1.165, 1.54) is 19.2 Å². The number of nitro benzene ring substituents is 1. The minimum absolute atomic E-state index is 0.155. The molecule has 9 heteroatoms. The summed E-state index contributed by atoms with van der Waals surface area (Å²) in [7, 11) is -2.51. The van der Waals surface area contributed by atoms with E-state index in [9.17, 15) is 18.5 Å². The lowest BCUT2D eigenvalue weighted by atomic mass is 10.2. The van der Waals surface area contributed by atoms with E-state index < -0.39 is 14.9 Å². The zero-order valence-electron chi connectivity index (χ0n) is 13.8. The molecular weight excluding hydrogens is 344 g/mol. The van der Waals surface area contributed by atoms with Crippen molar-refractivity contribution in [3.05, 3.63) is 64.2 Å². The van der Waals surface area contributed by atoms with Crippen molar-refractivity contribution < 1.29 is 13.3 Å². The molecule has 0 atom stereocenters. The molecule has 0 fully saturated rings. The van der Waals surface area contributed by atoms with Gasteiger partial charge in [0.1, 0.15) is 5.69 Å². The number of anilines is 1.